The first-order valence-electron chi connectivity index (χ1n) is 6.99. The van der Waals surface area contributed by atoms with Crippen LogP contribution < -0.4 is 10.6 Å². The average molecular weight is 269 g/mol. The van der Waals surface area contributed by atoms with Crippen LogP contribution in [0.1, 0.15) is 38.5 Å². The van der Waals surface area contributed by atoms with Gasteiger partial charge in [0.25, 0.3) is 0 Å². The molecule has 0 aromatic carbocycles. The van der Waals surface area contributed by atoms with Crippen LogP contribution in [0.25, 0.3) is 0 Å². The number of carbonyl (C=O) groups is 2. The Morgan fingerprint density at radius 1 is 1.37 bits per heavy atom. The van der Waals surface area contributed by atoms with Crippen molar-refractivity contribution < 1.29 is 14.7 Å². The van der Waals surface area contributed by atoms with Gasteiger partial charge < -0.3 is 20.6 Å². The number of amides is 2. The summed E-state index contributed by atoms with van der Waals surface area (Å²) in [6.07, 6.45) is 4.80. The summed E-state index contributed by atoms with van der Waals surface area (Å²) >= 11 is 0. The number of hydrogen-bond acceptors (Lipinski definition) is 3. The lowest BCUT2D eigenvalue weighted by Gasteiger charge is -2.41. The summed E-state index contributed by atoms with van der Waals surface area (Å²) in [5, 5.41) is 14.6. The van der Waals surface area contributed by atoms with E-state index in [2.05, 4.69) is 22.6 Å². The molecule has 0 spiro atoms. The van der Waals surface area contributed by atoms with Gasteiger partial charge in [-0.25, -0.2) is 4.79 Å². The lowest BCUT2D eigenvalue weighted by atomic mass is 9.74. The van der Waals surface area contributed by atoms with Gasteiger partial charge in [-0.3, -0.25) is 4.79 Å². The number of aliphatic carboxylic acids is 1. The van der Waals surface area contributed by atoms with Crippen LogP contribution in [0.15, 0.2) is 0 Å². The molecule has 19 heavy (non-hydrogen) atoms. The minimum Gasteiger partial charge on any atom is -0.481 e. The molecule has 0 aromatic heterocycles. The Hall–Kier alpha value is -1.30. The SMILES string of the molecule is CN1CCCC1CNC(=O)NC1(CC(=O)O)CCC1. The molecule has 6 heteroatoms. The van der Waals surface area contributed by atoms with Crippen molar-refractivity contribution in [2.75, 3.05) is 20.1 Å². The fraction of sp³-hybridized carbons (Fsp3) is 0.846. The fourth-order valence-corrected chi connectivity index (χ4v) is 2.97. The molecule has 1 saturated heterocycles. The van der Waals surface area contributed by atoms with E-state index in [9.17, 15) is 9.59 Å². The first-order valence-corrected chi connectivity index (χ1v) is 6.99. The van der Waals surface area contributed by atoms with E-state index in [1.54, 1.807) is 0 Å². The summed E-state index contributed by atoms with van der Waals surface area (Å²) < 4.78 is 0. The minimum atomic E-state index is -0.851. The molecular formula is C13H23N3O3. The predicted octanol–water partition coefficient (Wildman–Crippen LogP) is 0.777. The number of urea groups is 1. The van der Waals surface area contributed by atoms with Crippen LogP contribution in [0, 0.1) is 0 Å². The normalized spacial score (nSPS) is 25.6. The predicted molar refractivity (Wildman–Crippen MR) is 71.0 cm³/mol. The van der Waals surface area contributed by atoms with Gasteiger partial charge in [-0.2, -0.15) is 0 Å². The zero-order chi connectivity index (χ0) is 13.9. The minimum absolute atomic E-state index is 0.0176. The number of carbonyl (C=O) groups excluding carboxylic acids is 1. The molecule has 0 aromatic rings. The maximum Gasteiger partial charge on any atom is 0.315 e. The number of nitrogens with one attached hydrogen (secondary N) is 2. The second kappa shape index (κ2) is 5.77. The Morgan fingerprint density at radius 3 is 2.58 bits per heavy atom. The number of likely N-dealkylation sites (tertiary alicyclic amines) is 1. The lowest BCUT2D eigenvalue weighted by molar-refractivity contribution is -0.139. The zero-order valence-corrected chi connectivity index (χ0v) is 11.4. The second-order valence-electron chi connectivity index (χ2n) is 5.82. The third kappa shape index (κ3) is 3.59. The highest BCUT2D eigenvalue weighted by Gasteiger charge is 2.40. The van der Waals surface area contributed by atoms with E-state index in [-0.39, 0.29) is 12.5 Å². The van der Waals surface area contributed by atoms with Gasteiger partial charge in [-0.05, 0) is 45.7 Å². The molecule has 3 N–H and O–H groups in total. The van der Waals surface area contributed by atoms with Gasteiger partial charge in [0, 0.05) is 12.6 Å². The van der Waals surface area contributed by atoms with Gasteiger partial charge in [0.05, 0.1) is 12.0 Å². The van der Waals surface area contributed by atoms with E-state index in [0.29, 0.717) is 12.6 Å². The van der Waals surface area contributed by atoms with Crippen molar-refractivity contribution in [1.82, 2.24) is 15.5 Å². The highest BCUT2D eigenvalue weighted by molar-refractivity contribution is 5.77. The van der Waals surface area contributed by atoms with Crippen LogP contribution in [0.2, 0.25) is 0 Å². The van der Waals surface area contributed by atoms with Gasteiger partial charge in [-0.15, -0.1) is 0 Å². The lowest BCUT2D eigenvalue weighted by Crippen LogP contribution is -2.58. The van der Waals surface area contributed by atoms with Crippen molar-refractivity contribution >= 4 is 12.0 Å². The molecule has 108 valence electrons. The van der Waals surface area contributed by atoms with Gasteiger partial charge in [-0.1, -0.05) is 0 Å². The molecule has 1 unspecified atom stereocenters. The highest BCUT2D eigenvalue weighted by atomic mass is 16.4. The van der Waals surface area contributed by atoms with Gasteiger partial charge >= 0.3 is 12.0 Å². The van der Waals surface area contributed by atoms with E-state index >= 15 is 0 Å². The molecule has 2 fully saturated rings. The number of nitrogens with zero attached hydrogens (tertiary/aromatic N) is 1. The average Bonchev–Trinajstić information content (AvgIpc) is 2.68. The summed E-state index contributed by atoms with van der Waals surface area (Å²) in [7, 11) is 2.06. The molecule has 2 aliphatic rings. The maximum atomic E-state index is 11.9. The topological polar surface area (TPSA) is 81.7 Å². The standard InChI is InChI=1S/C13H23N3O3/c1-16-7-2-4-10(16)9-14-12(19)15-13(5-3-6-13)8-11(17)18/h10H,2-9H2,1H3,(H,17,18)(H2,14,15,19). The van der Waals surface area contributed by atoms with Gasteiger partial charge in [0.1, 0.15) is 0 Å². The van der Waals surface area contributed by atoms with Gasteiger partial charge in [0.15, 0.2) is 0 Å². The molecule has 2 rings (SSSR count). The Bertz CT molecular complexity index is 355. The Balaban J connectivity index is 1.75. The number of hydrogen-bond donors (Lipinski definition) is 3. The maximum absolute atomic E-state index is 11.9. The molecule has 1 heterocycles. The van der Waals surface area contributed by atoms with Crippen molar-refractivity contribution in [3.05, 3.63) is 0 Å². The Morgan fingerprint density at radius 2 is 2.11 bits per heavy atom. The Labute approximate surface area is 113 Å². The largest absolute Gasteiger partial charge is 0.481 e. The summed E-state index contributed by atoms with van der Waals surface area (Å²) in [6.45, 7) is 1.71. The number of likely N-dealkylation sites (N-methyl/N-ethyl adjacent to an activating group) is 1. The molecule has 6 nitrogen and oxygen atoms in total. The molecule has 0 radical (unpaired) electrons. The first-order chi connectivity index (χ1) is 9.01. The van der Waals surface area contributed by atoms with E-state index in [1.165, 1.54) is 6.42 Å². The third-order valence-corrected chi connectivity index (χ3v) is 4.35. The van der Waals surface area contributed by atoms with Crippen LogP contribution in [0.3, 0.4) is 0 Å². The quantitative estimate of drug-likeness (QED) is 0.689. The number of carboxylic acid groups (broad SMARTS) is 1. The monoisotopic (exact) mass is 269 g/mol. The second-order valence-corrected chi connectivity index (χ2v) is 5.82. The van der Waals surface area contributed by atoms with Crippen LogP contribution in [-0.2, 0) is 4.79 Å². The van der Waals surface area contributed by atoms with E-state index in [1.807, 2.05) is 0 Å². The number of rotatable bonds is 5. The van der Waals surface area contributed by atoms with Crippen molar-refractivity contribution in [2.24, 2.45) is 0 Å². The fourth-order valence-electron chi connectivity index (χ4n) is 2.97. The molecule has 1 saturated carbocycles. The van der Waals surface area contributed by atoms with Gasteiger partial charge in [0.2, 0.25) is 0 Å². The molecule has 1 atom stereocenters. The number of carboxylic acids is 1. The van der Waals surface area contributed by atoms with E-state index < -0.39 is 11.5 Å². The molecule has 1 aliphatic carbocycles. The van der Waals surface area contributed by atoms with Crippen molar-refractivity contribution in [3.8, 4) is 0 Å². The molecule has 2 amide bonds. The summed E-state index contributed by atoms with van der Waals surface area (Å²) in [5.41, 5.74) is -0.516. The first kappa shape index (κ1) is 14.1. The van der Waals surface area contributed by atoms with Crippen molar-refractivity contribution in [3.63, 3.8) is 0 Å². The smallest absolute Gasteiger partial charge is 0.315 e. The van der Waals surface area contributed by atoms with E-state index in [0.717, 1.165) is 32.2 Å². The highest BCUT2D eigenvalue weighted by Crippen LogP contribution is 2.34. The molecule has 0 bridgehead atoms. The zero-order valence-electron chi connectivity index (χ0n) is 11.4. The molecular weight excluding hydrogens is 246 g/mol. The van der Waals surface area contributed by atoms with Crippen LogP contribution in [0.5, 0.6) is 0 Å². The summed E-state index contributed by atoms with van der Waals surface area (Å²) in [5.74, 6) is -0.851. The van der Waals surface area contributed by atoms with Crippen LogP contribution in [-0.4, -0.2) is 53.7 Å². The van der Waals surface area contributed by atoms with E-state index in [4.69, 9.17) is 5.11 Å². The van der Waals surface area contributed by atoms with Crippen molar-refractivity contribution in [1.29, 1.82) is 0 Å². The van der Waals surface area contributed by atoms with Crippen LogP contribution >= 0.6 is 0 Å². The summed E-state index contributed by atoms with van der Waals surface area (Å²) in [4.78, 5) is 24.9. The summed E-state index contributed by atoms with van der Waals surface area (Å²) in [6, 6.07) is 0.170. The third-order valence-electron chi connectivity index (χ3n) is 4.35. The van der Waals surface area contributed by atoms with Crippen molar-refractivity contribution in [2.45, 2.75) is 50.1 Å². The molecule has 1 aliphatic heterocycles. The Kier molecular flexibility index (Phi) is 4.29. The van der Waals surface area contributed by atoms with Crippen LogP contribution in [0.4, 0.5) is 4.79 Å².